The Morgan fingerprint density at radius 1 is 1.09 bits per heavy atom. The summed E-state index contributed by atoms with van der Waals surface area (Å²) in [5.41, 5.74) is 3.07. The first-order chi connectivity index (χ1) is 16.0. The molecule has 4 aromatic rings. The molecule has 33 heavy (non-hydrogen) atoms. The minimum atomic E-state index is -1.02. The van der Waals surface area contributed by atoms with E-state index in [-0.39, 0.29) is 37.1 Å². The molecule has 9 heteroatoms. The number of hydrogen-bond donors (Lipinski definition) is 2. The van der Waals surface area contributed by atoms with Crippen LogP contribution in [-0.2, 0) is 17.9 Å². The summed E-state index contributed by atoms with van der Waals surface area (Å²) in [7, 11) is 0. The maximum atomic E-state index is 14.2. The third-order valence-electron chi connectivity index (χ3n) is 5.65. The van der Waals surface area contributed by atoms with Gasteiger partial charge in [-0.15, -0.1) is 4.91 Å². The number of aromatic hydroxyl groups is 1. The van der Waals surface area contributed by atoms with Gasteiger partial charge in [-0.2, -0.15) is 0 Å². The summed E-state index contributed by atoms with van der Waals surface area (Å²) in [5.74, 6) is -1.36. The monoisotopic (exact) mass is 448 g/mol. The number of carboxylic acid groups (broad SMARTS) is 1. The number of hydrogen-bond acceptors (Lipinski definition) is 6. The average Bonchev–Trinajstić information content (AvgIpc) is 3.08. The van der Waals surface area contributed by atoms with Crippen LogP contribution >= 0.6 is 0 Å². The van der Waals surface area contributed by atoms with Gasteiger partial charge in [-0.3, -0.25) is 0 Å². The molecule has 1 aliphatic rings. The van der Waals surface area contributed by atoms with E-state index in [4.69, 9.17) is 14.6 Å². The lowest BCUT2D eigenvalue weighted by Gasteiger charge is -2.21. The number of nitrogens with zero attached hydrogens (tertiary/aromatic N) is 2. The maximum Gasteiger partial charge on any atom is 0.335 e. The SMILES string of the molecule is O=Nc1c(O)n(Cc2cc(F)cc3c2OCOC3)c2cc(-c3ccc(C(=O)O)cc3)ccc12. The van der Waals surface area contributed by atoms with Crippen LogP contribution in [0.3, 0.4) is 0 Å². The standard InChI is InChI=1S/C24H17FN2O6/c25-18-7-16(22-17(8-18)11-32-12-33-22)10-27-20-9-15(5-6-19(20)21(26-31)23(27)28)13-1-3-14(4-2-13)24(29)30/h1-9,28H,10-12H2,(H,29,30). The van der Waals surface area contributed by atoms with E-state index in [0.717, 1.165) is 11.1 Å². The predicted molar refractivity (Wildman–Crippen MR) is 117 cm³/mol. The second kappa shape index (κ2) is 8.03. The lowest BCUT2D eigenvalue weighted by Crippen LogP contribution is -2.14. The zero-order valence-corrected chi connectivity index (χ0v) is 17.1. The van der Waals surface area contributed by atoms with Crippen molar-refractivity contribution in [3.8, 4) is 22.8 Å². The number of carboxylic acids is 1. The first kappa shape index (κ1) is 20.7. The average molecular weight is 448 g/mol. The summed E-state index contributed by atoms with van der Waals surface area (Å²) in [6.45, 7) is 0.261. The van der Waals surface area contributed by atoms with Crippen LogP contribution in [0, 0.1) is 10.7 Å². The van der Waals surface area contributed by atoms with Crippen molar-refractivity contribution in [1.82, 2.24) is 4.57 Å². The molecule has 166 valence electrons. The van der Waals surface area contributed by atoms with Crippen LogP contribution in [0.15, 0.2) is 59.8 Å². The fraction of sp³-hybridized carbons (Fsp3) is 0.125. The van der Waals surface area contributed by atoms with Gasteiger partial charge in [0.1, 0.15) is 11.6 Å². The van der Waals surface area contributed by atoms with Crippen molar-refractivity contribution < 1.29 is 28.9 Å². The van der Waals surface area contributed by atoms with Crippen molar-refractivity contribution in [2.45, 2.75) is 13.2 Å². The van der Waals surface area contributed by atoms with E-state index >= 15 is 0 Å². The minimum absolute atomic E-state index is 0.0271. The van der Waals surface area contributed by atoms with Crippen LogP contribution in [-0.4, -0.2) is 27.5 Å². The van der Waals surface area contributed by atoms with E-state index in [1.807, 2.05) is 0 Å². The summed E-state index contributed by atoms with van der Waals surface area (Å²) in [4.78, 5) is 22.6. The molecule has 0 unspecified atom stereocenters. The highest BCUT2D eigenvalue weighted by Gasteiger charge is 2.22. The maximum absolute atomic E-state index is 14.2. The third kappa shape index (κ3) is 3.58. The number of halogens is 1. The normalized spacial score (nSPS) is 12.9. The van der Waals surface area contributed by atoms with Gasteiger partial charge < -0.3 is 24.3 Å². The molecule has 5 rings (SSSR count). The molecule has 0 fully saturated rings. The van der Waals surface area contributed by atoms with Crippen molar-refractivity contribution in [1.29, 1.82) is 0 Å². The molecule has 0 radical (unpaired) electrons. The van der Waals surface area contributed by atoms with Crippen LogP contribution in [0.4, 0.5) is 10.1 Å². The minimum Gasteiger partial charge on any atom is -0.493 e. The topological polar surface area (TPSA) is 110 Å². The molecule has 0 amide bonds. The van der Waals surface area contributed by atoms with Gasteiger partial charge in [-0.1, -0.05) is 18.2 Å². The van der Waals surface area contributed by atoms with Crippen LogP contribution in [0.5, 0.6) is 11.6 Å². The van der Waals surface area contributed by atoms with E-state index in [0.29, 0.717) is 27.8 Å². The van der Waals surface area contributed by atoms with Crippen molar-refractivity contribution in [3.63, 3.8) is 0 Å². The molecule has 0 saturated heterocycles. The molecule has 2 N–H and O–H groups in total. The van der Waals surface area contributed by atoms with E-state index < -0.39 is 11.8 Å². The lowest BCUT2D eigenvalue weighted by atomic mass is 10.0. The van der Waals surface area contributed by atoms with E-state index in [1.54, 1.807) is 30.3 Å². The highest BCUT2D eigenvalue weighted by Crippen LogP contribution is 2.41. The van der Waals surface area contributed by atoms with Crippen LogP contribution in [0.25, 0.3) is 22.0 Å². The Bertz CT molecular complexity index is 1410. The van der Waals surface area contributed by atoms with Crippen molar-refractivity contribution in [2.24, 2.45) is 5.18 Å². The number of rotatable bonds is 5. The number of benzene rings is 3. The van der Waals surface area contributed by atoms with Gasteiger partial charge in [-0.05, 0) is 52.7 Å². The van der Waals surface area contributed by atoms with E-state index in [9.17, 15) is 19.2 Å². The molecule has 1 aromatic heterocycles. The Kier molecular flexibility index (Phi) is 5.02. The largest absolute Gasteiger partial charge is 0.493 e. The Hall–Kier alpha value is -4.24. The third-order valence-corrected chi connectivity index (χ3v) is 5.65. The summed E-state index contributed by atoms with van der Waals surface area (Å²) in [6, 6.07) is 14.2. The van der Waals surface area contributed by atoms with Crippen molar-refractivity contribution in [3.05, 3.63) is 82.0 Å². The molecule has 0 atom stereocenters. The van der Waals surface area contributed by atoms with Gasteiger partial charge in [0.25, 0.3) is 0 Å². The summed E-state index contributed by atoms with van der Waals surface area (Å²) in [5, 5.41) is 23.3. The summed E-state index contributed by atoms with van der Waals surface area (Å²) < 4.78 is 26.5. The lowest BCUT2D eigenvalue weighted by molar-refractivity contribution is -0.0173. The first-order valence-electron chi connectivity index (χ1n) is 10.0. The zero-order chi connectivity index (χ0) is 23.1. The number of nitroso groups, excluding NO2 is 1. The van der Waals surface area contributed by atoms with Gasteiger partial charge in [0.15, 0.2) is 12.5 Å². The van der Waals surface area contributed by atoms with Gasteiger partial charge in [0.2, 0.25) is 5.88 Å². The zero-order valence-electron chi connectivity index (χ0n) is 17.1. The smallest absolute Gasteiger partial charge is 0.335 e. The van der Waals surface area contributed by atoms with Gasteiger partial charge >= 0.3 is 5.97 Å². The van der Waals surface area contributed by atoms with Crippen molar-refractivity contribution in [2.75, 3.05) is 6.79 Å². The summed E-state index contributed by atoms with van der Waals surface area (Å²) >= 11 is 0. The fourth-order valence-electron chi connectivity index (χ4n) is 4.10. The molecule has 2 heterocycles. The molecule has 0 aliphatic carbocycles. The highest BCUT2D eigenvalue weighted by atomic mass is 19.1. The summed E-state index contributed by atoms with van der Waals surface area (Å²) in [6.07, 6.45) is 0. The Morgan fingerprint density at radius 2 is 1.85 bits per heavy atom. The predicted octanol–water partition coefficient (Wildman–Crippen LogP) is 5.16. The Balaban J connectivity index is 1.64. The van der Waals surface area contributed by atoms with E-state index in [1.165, 1.54) is 28.8 Å². The van der Waals surface area contributed by atoms with Crippen molar-refractivity contribution >= 4 is 22.6 Å². The number of aromatic nitrogens is 1. The molecule has 8 nitrogen and oxygen atoms in total. The van der Waals surface area contributed by atoms with Gasteiger partial charge in [0.05, 0.1) is 24.2 Å². The second-order valence-electron chi connectivity index (χ2n) is 7.63. The molecule has 0 spiro atoms. The van der Waals surface area contributed by atoms with Gasteiger partial charge in [-0.25, -0.2) is 9.18 Å². The molecular formula is C24H17FN2O6. The Morgan fingerprint density at radius 3 is 2.58 bits per heavy atom. The van der Waals surface area contributed by atoms with Crippen LogP contribution in [0.1, 0.15) is 21.5 Å². The van der Waals surface area contributed by atoms with Crippen LogP contribution in [0.2, 0.25) is 0 Å². The molecule has 1 aliphatic heterocycles. The number of ether oxygens (including phenoxy) is 2. The Labute approximate surface area is 186 Å². The fourth-order valence-corrected chi connectivity index (χ4v) is 4.10. The number of carbonyl (C=O) groups is 1. The first-order valence-corrected chi connectivity index (χ1v) is 10.0. The molecular weight excluding hydrogens is 431 g/mol. The second-order valence-corrected chi connectivity index (χ2v) is 7.63. The molecule has 0 bridgehead atoms. The highest BCUT2D eigenvalue weighted by molar-refractivity contribution is 5.97. The number of fused-ring (bicyclic) bond motifs is 2. The van der Waals surface area contributed by atoms with Gasteiger partial charge in [0, 0.05) is 16.5 Å². The van der Waals surface area contributed by atoms with E-state index in [2.05, 4.69) is 5.18 Å². The van der Waals surface area contributed by atoms with Crippen LogP contribution < -0.4 is 4.74 Å². The quantitative estimate of drug-likeness (QED) is 0.408. The molecule has 3 aromatic carbocycles. The number of aromatic carboxylic acids is 1. The molecule has 0 saturated carbocycles.